The number of carbonyl (C=O) groups excluding carboxylic acids is 1. The lowest BCUT2D eigenvalue weighted by Crippen LogP contribution is -2.47. The number of hydrogen-bond donors (Lipinski definition) is 3. The second-order valence-electron chi connectivity index (χ2n) is 5.59. The number of para-hydroxylation sites is 1. The maximum atomic E-state index is 12.2. The molecule has 2 atom stereocenters. The van der Waals surface area contributed by atoms with Gasteiger partial charge in [-0.1, -0.05) is 32.0 Å². The first-order chi connectivity index (χ1) is 9.47. The molecule has 1 aliphatic rings. The molecule has 20 heavy (non-hydrogen) atoms. The summed E-state index contributed by atoms with van der Waals surface area (Å²) in [7, 11) is 0. The predicted octanol–water partition coefficient (Wildman–Crippen LogP) is 1.64. The average molecular weight is 276 g/mol. The molecule has 0 radical (unpaired) electrons. The minimum atomic E-state index is -0.984. The molecule has 0 aromatic heterocycles. The highest BCUT2D eigenvalue weighted by molar-refractivity contribution is 5.90. The smallest absolute Gasteiger partial charge is 0.326 e. The van der Waals surface area contributed by atoms with Crippen molar-refractivity contribution in [3.8, 4) is 0 Å². The number of amides is 1. The van der Waals surface area contributed by atoms with Gasteiger partial charge in [-0.2, -0.15) is 0 Å². The molecular weight excluding hydrogens is 256 g/mol. The van der Waals surface area contributed by atoms with E-state index in [2.05, 4.69) is 10.6 Å². The molecule has 0 saturated heterocycles. The number of carboxylic acid groups (broad SMARTS) is 1. The number of anilines is 1. The summed E-state index contributed by atoms with van der Waals surface area (Å²) < 4.78 is 0. The third kappa shape index (κ3) is 3.29. The molecule has 5 nitrogen and oxygen atoms in total. The van der Waals surface area contributed by atoms with Crippen LogP contribution >= 0.6 is 0 Å². The monoisotopic (exact) mass is 276 g/mol. The van der Waals surface area contributed by atoms with Gasteiger partial charge in [0.2, 0.25) is 5.91 Å². The zero-order valence-corrected chi connectivity index (χ0v) is 11.7. The largest absolute Gasteiger partial charge is 0.480 e. The van der Waals surface area contributed by atoms with Crippen molar-refractivity contribution in [2.24, 2.45) is 5.92 Å². The van der Waals surface area contributed by atoms with Crippen molar-refractivity contribution in [3.05, 3.63) is 29.8 Å². The molecule has 1 heterocycles. The Morgan fingerprint density at radius 3 is 2.70 bits per heavy atom. The number of nitrogens with one attached hydrogen (secondary N) is 2. The maximum absolute atomic E-state index is 12.2. The van der Waals surface area contributed by atoms with E-state index in [4.69, 9.17) is 5.11 Å². The first kappa shape index (κ1) is 14.4. The topological polar surface area (TPSA) is 78.4 Å². The molecule has 1 aromatic rings. The predicted molar refractivity (Wildman–Crippen MR) is 76.6 cm³/mol. The van der Waals surface area contributed by atoms with E-state index in [1.807, 2.05) is 38.1 Å². The number of carboxylic acids is 1. The third-order valence-electron chi connectivity index (χ3n) is 3.41. The Morgan fingerprint density at radius 2 is 2.10 bits per heavy atom. The molecule has 0 spiro atoms. The Hall–Kier alpha value is -2.04. The van der Waals surface area contributed by atoms with Gasteiger partial charge < -0.3 is 15.7 Å². The van der Waals surface area contributed by atoms with Crippen molar-refractivity contribution in [2.75, 3.05) is 5.32 Å². The summed E-state index contributed by atoms with van der Waals surface area (Å²) in [5.41, 5.74) is 2.03. The third-order valence-corrected chi connectivity index (χ3v) is 3.41. The van der Waals surface area contributed by atoms with Gasteiger partial charge in [-0.25, -0.2) is 4.79 Å². The van der Waals surface area contributed by atoms with Crippen molar-refractivity contribution in [2.45, 2.75) is 38.8 Å². The van der Waals surface area contributed by atoms with Gasteiger partial charge in [-0.3, -0.25) is 4.79 Å². The maximum Gasteiger partial charge on any atom is 0.326 e. The average Bonchev–Trinajstić information content (AvgIpc) is 2.81. The van der Waals surface area contributed by atoms with E-state index in [1.54, 1.807) is 0 Å². The van der Waals surface area contributed by atoms with E-state index in [-0.39, 0.29) is 17.9 Å². The minimum absolute atomic E-state index is 0.213. The molecule has 0 bridgehead atoms. The van der Waals surface area contributed by atoms with E-state index in [9.17, 15) is 9.59 Å². The fourth-order valence-corrected chi connectivity index (χ4v) is 2.42. The standard InChI is InChI=1S/C15H20N2O3/c1-9(2)7-13(15(19)20)17-14(18)12-8-10-5-3-4-6-11(10)16-12/h3-6,9,12-13,16H,7-8H2,1-2H3,(H,17,18)(H,19,20)/t12-,13-/m0/s1. The molecule has 3 N–H and O–H groups in total. The highest BCUT2D eigenvalue weighted by Gasteiger charge is 2.29. The molecular formula is C15H20N2O3. The molecule has 1 aromatic carbocycles. The van der Waals surface area contributed by atoms with Gasteiger partial charge in [0.15, 0.2) is 0 Å². The Morgan fingerprint density at radius 1 is 1.40 bits per heavy atom. The fourth-order valence-electron chi connectivity index (χ4n) is 2.42. The molecule has 108 valence electrons. The number of rotatable bonds is 5. The lowest BCUT2D eigenvalue weighted by Gasteiger charge is -2.19. The Balaban J connectivity index is 1.97. The van der Waals surface area contributed by atoms with Gasteiger partial charge in [0.25, 0.3) is 0 Å². The summed E-state index contributed by atoms with van der Waals surface area (Å²) in [4.78, 5) is 23.3. The summed E-state index contributed by atoms with van der Waals surface area (Å²) >= 11 is 0. The summed E-state index contributed by atoms with van der Waals surface area (Å²) in [5.74, 6) is -1.03. The van der Waals surface area contributed by atoms with Gasteiger partial charge in [-0.05, 0) is 24.0 Å². The normalized spacial score (nSPS) is 18.2. The highest BCUT2D eigenvalue weighted by Crippen LogP contribution is 2.25. The van der Waals surface area contributed by atoms with Crippen LogP contribution in [0.25, 0.3) is 0 Å². The highest BCUT2D eigenvalue weighted by atomic mass is 16.4. The molecule has 1 aliphatic heterocycles. The quantitative estimate of drug-likeness (QED) is 0.764. The molecule has 0 aliphatic carbocycles. The van der Waals surface area contributed by atoms with Gasteiger partial charge in [0, 0.05) is 12.1 Å². The van der Waals surface area contributed by atoms with Crippen molar-refractivity contribution >= 4 is 17.6 Å². The second kappa shape index (κ2) is 5.94. The van der Waals surface area contributed by atoms with Crippen molar-refractivity contribution < 1.29 is 14.7 Å². The number of fused-ring (bicyclic) bond motifs is 1. The number of carbonyl (C=O) groups is 2. The van der Waals surface area contributed by atoms with Crippen LogP contribution in [0.15, 0.2) is 24.3 Å². The molecule has 0 unspecified atom stereocenters. The zero-order valence-electron chi connectivity index (χ0n) is 11.7. The fraction of sp³-hybridized carbons (Fsp3) is 0.467. The van der Waals surface area contributed by atoms with Crippen LogP contribution in [0.2, 0.25) is 0 Å². The van der Waals surface area contributed by atoms with Crippen LogP contribution in [0.3, 0.4) is 0 Å². The van der Waals surface area contributed by atoms with Crippen LogP contribution < -0.4 is 10.6 Å². The van der Waals surface area contributed by atoms with Crippen LogP contribution in [0.5, 0.6) is 0 Å². The molecule has 0 saturated carbocycles. The van der Waals surface area contributed by atoms with Gasteiger partial charge in [0.1, 0.15) is 12.1 Å². The van der Waals surface area contributed by atoms with E-state index in [1.165, 1.54) is 0 Å². The van der Waals surface area contributed by atoms with E-state index >= 15 is 0 Å². The molecule has 5 heteroatoms. The lowest BCUT2D eigenvalue weighted by molar-refractivity contribution is -0.142. The van der Waals surface area contributed by atoms with Gasteiger partial charge >= 0.3 is 5.97 Å². The van der Waals surface area contributed by atoms with Gasteiger partial charge in [-0.15, -0.1) is 0 Å². The summed E-state index contributed by atoms with van der Waals surface area (Å²) in [6, 6.07) is 6.52. The van der Waals surface area contributed by atoms with Crippen LogP contribution in [0.4, 0.5) is 5.69 Å². The van der Waals surface area contributed by atoms with E-state index < -0.39 is 12.0 Å². The second-order valence-corrected chi connectivity index (χ2v) is 5.59. The minimum Gasteiger partial charge on any atom is -0.480 e. The molecule has 2 rings (SSSR count). The Kier molecular flexibility index (Phi) is 4.27. The SMILES string of the molecule is CC(C)C[C@H](NC(=O)[C@@H]1Cc2ccccc2N1)C(=O)O. The number of benzene rings is 1. The van der Waals surface area contributed by atoms with Crippen molar-refractivity contribution in [3.63, 3.8) is 0 Å². The Labute approximate surface area is 118 Å². The van der Waals surface area contributed by atoms with E-state index in [0.717, 1.165) is 11.3 Å². The number of aliphatic carboxylic acids is 1. The first-order valence-corrected chi connectivity index (χ1v) is 6.85. The Bertz CT molecular complexity index is 489. The first-order valence-electron chi connectivity index (χ1n) is 6.85. The summed E-state index contributed by atoms with van der Waals surface area (Å²) in [6.07, 6.45) is 1.02. The zero-order chi connectivity index (χ0) is 14.7. The van der Waals surface area contributed by atoms with Crippen LogP contribution in [-0.2, 0) is 16.0 Å². The number of hydrogen-bond acceptors (Lipinski definition) is 3. The van der Waals surface area contributed by atoms with Crippen molar-refractivity contribution in [1.29, 1.82) is 0 Å². The molecule has 0 fully saturated rings. The van der Waals surface area contributed by atoms with E-state index in [0.29, 0.717) is 12.8 Å². The lowest BCUT2D eigenvalue weighted by atomic mass is 10.0. The molecule has 1 amide bonds. The van der Waals surface area contributed by atoms with Crippen LogP contribution in [0.1, 0.15) is 25.8 Å². The van der Waals surface area contributed by atoms with Crippen molar-refractivity contribution in [1.82, 2.24) is 5.32 Å². The van der Waals surface area contributed by atoms with Crippen LogP contribution in [0, 0.1) is 5.92 Å². The summed E-state index contributed by atoms with van der Waals surface area (Å²) in [5, 5.41) is 14.9. The van der Waals surface area contributed by atoms with Crippen LogP contribution in [-0.4, -0.2) is 29.1 Å². The summed E-state index contributed by atoms with van der Waals surface area (Å²) in [6.45, 7) is 3.87. The van der Waals surface area contributed by atoms with Gasteiger partial charge in [0.05, 0.1) is 0 Å².